The lowest BCUT2D eigenvalue weighted by atomic mass is 10.0. The Hall–Kier alpha value is -2.46. The number of hydrogen-bond donors (Lipinski definition) is 3. The van der Waals surface area contributed by atoms with Gasteiger partial charge in [0.25, 0.3) is 0 Å². The summed E-state index contributed by atoms with van der Waals surface area (Å²) < 4.78 is 68.6. The van der Waals surface area contributed by atoms with Crippen LogP contribution >= 0.6 is 15.6 Å². The molecule has 0 saturated carbocycles. The number of allylic oxidation sites excluding steroid dienone is 4. The smallest absolute Gasteiger partial charge is 0.462 e. The normalized spacial score (nSPS) is 14.1. The van der Waals surface area contributed by atoms with Crippen LogP contribution in [0.25, 0.3) is 0 Å². The van der Waals surface area contributed by atoms with E-state index < -0.39 is 97.5 Å². The van der Waals surface area contributed by atoms with Gasteiger partial charge in [0, 0.05) is 25.7 Å². The molecule has 0 saturated heterocycles. The van der Waals surface area contributed by atoms with Crippen LogP contribution in [-0.2, 0) is 65.4 Å². The molecule has 0 heterocycles. The third-order valence-corrected chi connectivity index (χ3v) is 19.8. The lowest BCUT2D eigenvalue weighted by molar-refractivity contribution is -0.161. The van der Waals surface area contributed by atoms with E-state index >= 15 is 0 Å². The molecule has 0 bridgehead atoms. The maximum Gasteiger partial charge on any atom is 0.472 e. The molecular weight excluding hydrogens is 1280 g/mol. The lowest BCUT2D eigenvalue weighted by Crippen LogP contribution is -2.30. The van der Waals surface area contributed by atoms with Crippen molar-refractivity contribution in [1.82, 2.24) is 0 Å². The van der Waals surface area contributed by atoms with Crippen molar-refractivity contribution in [2.75, 3.05) is 39.6 Å². The summed E-state index contributed by atoms with van der Waals surface area (Å²) in [6.07, 6.45) is 64.6. The second-order valence-corrected chi connectivity index (χ2v) is 31.2. The molecule has 0 aliphatic carbocycles. The van der Waals surface area contributed by atoms with Crippen molar-refractivity contribution in [2.45, 2.75) is 412 Å². The SMILES string of the molecule is CCCCCC/C=C\C=C/CCCCCCCC(=O)O[C@H](COC(=O)CCCCCCCCCCC)COP(=O)(O)OC[C@H](O)COP(=O)(O)OC[C@@H](COC(=O)CCCCCCCCCCCCCCCCCC)OC(=O)CCCCCCCCCCCCCCCCCC(C)C. The molecule has 0 fully saturated rings. The minimum atomic E-state index is -4.96. The van der Waals surface area contributed by atoms with E-state index in [1.165, 1.54) is 205 Å². The van der Waals surface area contributed by atoms with Gasteiger partial charge in [-0.25, -0.2) is 9.13 Å². The number of unbranched alkanes of at least 4 members (excludes halogenated alkanes) is 46. The van der Waals surface area contributed by atoms with Crippen molar-refractivity contribution >= 4 is 39.5 Å². The fourth-order valence-electron chi connectivity index (χ4n) is 11.7. The van der Waals surface area contributed by atoms with Crippen LogP contribution in [0.1, 0.15) is 394 Å². The molecule has 0 aromatic rings. The fraction of sp³-hybridized carbons (Fsp3) is 0.899. The number of esters is 4. The number of aliphatic hydroxyl groups excluding tert-OH is 1. The Morgan fingerprint density at radius 2 is 0.551 bits per heavy atom. The Bertz CT molecular complexity index is 1970. The first-order valence-corrected chi connectivity index (χ1v) is 43.4. The number of hydrogen-bond acceptors (Lipinski definition) is 15. The molecule has 0 aromatic carbocycles. The van der Waals surface area contributed by atoms with E-state index in [9.17, 15) is 43.2 Å². The van der Waals surface area contributed by atoms with Crippen molar-refractivity contribution in [1.29, 1.82) is 0 Å². The fourth-order valence-corrected chi connectivity index (χ4v) is 13.3. The van der Waals surface area contributed by atoms with Crippen LogP contribution in [0, 0.1) is 5.92 Å². The van der Waals surface area contributed by atoms with Gasteiger partial charge in [-0.05, 0) is 57.3 Å². The average molecular weight is 1430 g/mol. The summed E-state index contributed by atoms with van der Waals surface area (Å²) in [6.45, 7) is 7.26. The molecule has 19 heteroatoms. The van der Waals surface area contributed by atoms with Gasteiger partial charge in [-0.3, -0.25) is 37.3 Å². The van der Waals surface area contributed by atoms with Crippen LogP contribution in [0.15, 0.2) is 24.3 Å². The van der Waals surface area contributed by atoms with Crippen LogP contribution in [0.2, 0.25) is 0 Å². The number of phosphoric ester groups is 2. The van der Waals surface area contributed by atoms with E-state index in [4.69, 9.17) is 37.0 Å². The summed E-state index contributed by atoms with van der Waals surface area (Å²) in [5.41, 5.74) is 0. The summed E-state index contributed by atoms with van der Waals surface area (Å²) in [6, 6.07) is 0. The number of phosphoric acid groups is 2. The van der Waals surface area contributed by atoms with Crippen LogP contribution in [0.4, 0.5) is 0 Å². The molecule has 0 spiro atoms. The molecule has 2 unspecified atom stereocenters. The number of carbonyl (C=O) groups excluding carboxylic acids is 4. The molecule has 0 aliphatic rings. The van der Waals surface area contributed by atoms with E-state index in [2.05, 4.69) is 58.9 Å². The average Bonchev–Trinajstić information content (AvgIpc) is 1.00. The molecule has 0 radical (unpaired) electrons. The van der Waals surface area contributed by atoms with Crippen molar-refractivity contribution < 1.29 is 80.2 Å². The molecule has 98 heavy (non-hydrogen) atoms. The van der Waals surface area contributed by atoms with Crippen molar-refractivity contribution in [3.05, 3.63) is 24.3 Å². The second-order valence-electron chi connectivity index (χ2n) is 28.2. The summed E-state index contributed by atoms with van der Waals surface area (Å²) in [4.78, 5) is 72.9. The Balaban J connectivity index is 5.26. The quantitative estimate of drug-likeness (QED) is 0.0169. The van der Waals surface area contributed by atoms with Gasteiger partial charge in [0.1, 0.15) is 19.3 Å². The molecular formula is C79H150O17P2. The number of ether oxygens (including phenoxy) is 4. The van der Waals surface area contributed by atoms with Crippen molar-refractivity contribution in [3.8, 4) is 0 Å². The second kappa shape index (κ2) is 71.5. The standard InChI is InChI=1S/C79H150O17P2/c1-6-9-12-15-18-21-23-25-27-31-34-38-43-48-53-58-63-77(82)90-69-75(96-79(84)65-60-55-50-45-40-36-32-28-30-33-37-42-46-51-56-61-72(4)5)71-94-98(87,88)92-67-73(80)66-91-97(85,86)93-70-74(68-89-76(81)62-57-52-47-41-20-17-14-11-8-3)95-78(83)64-59-54-49-44-39-35-29-26-24-22-19-16-13-10-7-2/h22,24,26,29,72-75,80H,6-21,23,25,27-28,30-71H2,1-5H3,(H,85,86)(H,87,88)/b24-22-,29-26-/t73-,74+,75+/m0/s1. The van der Waals surface area contributed by atoms with Crippen LogP contribution < -0.4 is 0 Å². The predicted molar refractivity (Wildman–Crippen MR) is 400 cm³/mol. The zero-order valence-corrected chi connectivity index (χ0v) is 65.2. The lowest BCUT2D eigenvalue weighted by Gasteiger charge is -2.21. The van der Waals surface area contributed by atoms with Crippen LogP contribution in [-0.4, -0.2) is 96.7 Å². The van der Waals surface area contributed by atoms with Crippen molar-refractivity contribution in [2.24, 2.45) is 5.92 Å². The van der Waals surface area contributed by atoms with Gasteiger partial charge in [-0.1, -0.05) is 341 Å². The molecule has 0 aromatic heterocycles. The predicted octanol–water partition coefficient (Wildman–Crippen LogP) is 23.2. The zero-order valence-electron chi connectivity index (χ0n) is 63.4. The van der Waals surface area contributed by atoms with Crippen molar-refractivity contribution in [3.63, 3.8) is 0 Å². The minimum Gasteiger partial charge on any atom is -0.462 e. The first-order chi connectivity index (χ1) is 47.5. The van der Waals surface area contributed by atoms with Gasteiger partial charge in [0.05, 0.1) is 26.4 Å². The third-order valence-electron chi connectivity index (χ3n) is 17.9. The topological polar surface area (TPSA) is 237 Å². The first-order valence-electron chi connectivity index (χ1n) is 40.5. The Morgan fingerprint density at radius 3 is 0.837 bits per heavy atom. The summed E-state index contributed by atoms with van der Waals surface area (Å²) in [5.74, 6) is -1.34. The Morgan fingerprint density at radius 1 is 0.316 bits per heavy atom. The third kappa shape index (κ3) is 71.9. The maximum atomic E-state index is 13.1. The number of aliphatic hydroxyl groups is 1. The highest BCUT2D eigenvalue weighted by Crippen LogP contribution is 2.45. The van der Waals surface area contributed by atoms with E-state index in [0.717, 1.165) is 109 Å². The minimum absolute atomic E-state index is 0.0853. The molecule has 0 amide bonds. The summed E-state index contributed by atoms with van der Waals surface area (Å²) >= 11 is 0. The summed E-state index contributed by atoms with van der Waals surface area (Å²) in [7, 11) is -9.93. The van der Waals surface area contributed by atoms with Crippen LogP contribution in [0.3, 0.4) is 0 Å². The highest BCUT2D eigenvalue weighted by Gasteiger charge is 2.30. The van der Waals surface area contributed by atoms with Gasteiger partial charge in [-0.2, -0.15) is 0 Å². The number of carbonyl (C=O) groups is 4. The van der Waals surface area contributed by atoms with Gasteiger partial charge < -0.3 is 33.8 Å². The van der Waals surface area contributed by atoms with E-state index in [1.54, 1.807) is 0 Å². The monoisotopic (exact) mass is 1430 g/mol. The zero-order chi connectivity index (χ0) is 71.9. The molecule has 578 valence electrons. The molecule has 17 nitrogen and oxygen atoms in total. The highest BCUT2D eigenvalue weighted by atomic mass is 31.2. The van der Waals surface area contributed by atoms with Gasteiger partial charge in [0.2, 0.25) is 0 Å². The van der Waals surface area contributed by atoms with E-state index in [1.807, 2.05) is 0 Å². The first kappa shape index (κ1) is 95.5. The van der Waals surface area contributed by atoms with Gasteiger partial charge in [-0.15, -0.1) is 0 Å². The van der Waals surface area contributed by atoms with Gasteiger partial charge in [0.15, 0.2) is 12.2 Å². The van der Waals surface area contributed by atoms with E-state index in [-0.39, 0.29) is 25.7 Å². The Labute approximate surface area is 599 Å². The van der Waals surface area contributed by atoms with Gasteiger partial charge >= 0.3 is 39.5 Å². The highest BCUT2D eigenvalue weighted by molar-refractivity contribution is 7.47. The summed E-state index contributed by atoms with van der Waals surface area (Å²) in [5, 5.41) is 10.6. The molecule has 0 aliphatic heterocycles. The van der Waals surface area contributed by atoms with Crippen LogP contribution in [0.5, 0.6) is 0 Å². The number of rotatable bonds is 77. The largest absolute Gasteiger partial charge is 0.472 e. The Kier molecular flexibility index (Phi) is 69.7. The molecule has 3 N–H and O–H groups in total. The maximum absolute atomic E-state index is 13.1. The molecule has 5 atom stereocenters. The molecule has 0 rings (SSSR count). The van der Waals surface area contributed by atoms with E-state index in [0.29, 0.717) is 25.7 Å².